The van der Waals surface area contributed by atoms with Crippen LogP contribution in [-0.2, 0) is 0 Å². The molecule has 0 unspecified atom stereocenters. The smallest absolute Gasteiger partial charge is 0.248 e. The molecule has 3 aliphatic heterocycles. The quantitative estimate of drug-likeness (QED) is 0.847. The molecule has 1 aromatic carbocycles. The van der Waals surface area contributed by atoms with Crippen LogP contribution < -0.4 is 10.5 Å². The van der Waals surface area contributed by atoms with Gasteiger partial charge in [-0.3, -0.25) is 4.79 Å². The zero-order valence-corrected chi connectivity index (χ0v) is 10.7. The zero-order chi connectivity index (χ0) is 12.8. The van der Waals surface area contributed by atoms with Gasteiger partial charge in [0.15, 0.2) is 0 Å². The maximum absolute atomic E-state index is 11.9. The van der Waals surface area contributed by atoms with Crippen LogP contribution in [0, 0.1) is 0 Å². The number of aromatic nitrogens is 1. The van der Waals surface area contributed by atoms with E-state index in [1.165, 1.54) is 18.5 Å². The lowest BCUT2D eigenvalue weighted by atomic mass is 9.84. The first kappa shape index (κ1) is 10.9. The number of H-pyrrole nitrogens is 1. The van der Waals surface area contributed by atoms with Crippen molar-refractivity contribution in [3.63, 3.8) is 0 Å². The van der Waals surface area contributed by atoms with E-state index < -0.39 is 0 Å². The second-order valence-electron chi connectivity index (χ2n) is 5.44. The lowest BCUT2D eigenvalue weighted by Crippen LogP contribution is -2.40. The van der Waals surface area contributed by atoms with Gasteiger partial charge in [0.1, 0.15) is 0 Å². The summed E-state index contributed by atoms with van der Waals surface area (Å²) in [7, 11) is 0. The van der Waals surface area contributed by atoms with Crippen LogP contribution in [0.4, 0.5) is 5.69 Å². The lowest BCUT2D eigenvalue weighted by Gasteiger charge is -2.42. The number of pyridine rings is 1. The molecule has 19 heavy (non-hydrogen) atoms. The summed E-state index contributed by atoms with van der Waals surface area (Å²) >= 11 is 0. The second kappa shape index (κ2) is 3.98. The normalized spacial score (nSPS) is 17.6. The number of rotatable bonds is 1. The third-order valence-electron chi connectivity index (χ3n) is 4.35. The first-order chi connectivity index (χ1) is 9.33. The minimum absolute atomic E-state index is 0.0198. The summed E-state index contributed by atoms with van der Waals surface area (Å²) < 4.78 is 0. The summed E-state index contributed by atoms with van der Waals surface area (Å²) in [6.45, 7) is 2.23. The highest BCUT2D eigenvalue weighted by Crippen LogP contribution is 2.44. The molecule has 0 atom stereocenters. The maximum Gasteiger partial charge on any atom is 0.248 e. The van der Waals surface area contributed by atoms with E-state index in [-0.39, 0.29) is 5.56 Å². The van der Waals surface area contributed by atoms with E-state index in [4.69, 9.17) is 0 Å². The molecule has 96 valence electrons. The summed E-state index contributed by atoms with van der Waals surface area (Å²) in [6.07, 6.45) is 2.34. The SMILES string of the molecule is O=c1cc(-c2ccccc2)c2c([nH]1)C1CCN2CC1. The molecule has 2 bridgehead atoms. The van der Waals surface area contributed by atoms with Crippen LogP contribution >= 0.6 is 0 Å². The van der Waals surface area contributed by atoms with E-state index in [0.29, 0.717) is 5.92 Å². The molecule has 1 fully saturated rings. The fraction of sp³-hybridized carbons (Fsp3) is 0.312. The van der Waals surface area contributed by atoms with Crippen LogP contribution in [0.1, 0.15) is 24.5 Å². The van der Waals surface area contributed by atoms with E-state index in [0.717, 1.165) is 29.9 Å². The average Bonchev–Trinajstić information content (AvgIpc) is 2.48. The van der Waals surface area contributed by atoms with Crippen LogP contribution in [0.15, 0.2) is 41.2 Å². The van der Waals surface area contributed by atoms with Gasteiger partial charge in [0, 0.05) is 36.3 Å². The third kappa shape index (κ3) is 1.61. The van der Waals surface area contributed by atoms with Crippen LogP contribution in [0.3, 0.4) is 0 Å². The van der Waals surface area contributed by atoms with Crippen LogP contribution in [0.2, 0.25) is 0 Å². The van der Waals surface area contributed by atoms with Gasteiger partial charge in [-0.25, -0.2) is 0 Å². The highest BCUT2D eigenvalue weighted by Gasteiger charge is 2.33. The number of nitrogens with zero attached hydrogens (tertiary/aromatic N) is 1. The molecule has 0 saturated carbocycles. The molecule has 3 aliphatic rings. The minimum atomic E-state index is 0.0198. The van der Waals surface area contributed by atoms with Gasteiger partial charge in [-0.2, -0.15) is 0 Å². The third-order valence-corrected chi connectivity index (χ3v) is 4.35. The Balaban J connectivity index is 2.00. The van der Waals surface area contributed by atoms with Crippen molar-refractivity contribution in [2.24, 2.45) is 0 Å². The molecule has 3 nitrogen and oxygen atoms in total. The number of piperidine rings is 1. The number of aromatic amines is 1. The predicted octanol–water partition coefficient (Wildman–Crippen LogP) is 2.74. The highest BCUT2D eigenvalue weighted by molar-refractivity contribution is 5.81. The van der Waals surface area contributed by atoms with Gasteiger partial charge in [-0.1, -0.05) is 30.3 Å². The molecule has 0 amide bonds. The average molecular weight is 252 g/mol. The number of nitrogens with one attached hydrogen (secondary N) is 1. The Labute approximate surface area is 111 Å². The van der Waals surface area contributed by atoms with Gasteiger partial charge in [0.2, 0.25) is 5.56 Å². The molecule has 5 rings (SSSR count). The summed E-state index contributed by atoms with van der Waals surface area (Å²) in [5, 5.41) is 0. The Hall–Kier alpha value is -2.03. The van der Waals surface area contributed by atoms with E-state index >= 15 is 0 Å². The van der Waals surface area contributed by atoms with Gasteiger partial charge in [0.05, 0.1) is 5.69 Å². The number of hydrogen-bond donors (Lipinski definition) is 1. The Morgan fingerprint density at radius 3 is 2.58 bits per heavy atom. The van der Waals surface area contributed by atoms with E-state index in [1.54, 1.807) is 6.07 Å². The number of anilines is 1. The van der Waals surface area contributed by atoms with E-state index in [1.807, 2.05) is 18.2 Å². The molecule has 0 aliphatic carbocycles. The van der Waals surface area contributed by atoms with Gasteiger partial charge in [0.25, 0.3) is 0 Å². The number of fused-ring (bicyclic) bond motifs is 2. The monoisotopic (exact) mass is 252 g/mol. The lowest BCUT2D eigenvalue weighted by molar-refractivity contribution is 0.463. The molecule has 2 aromatic rings. The van der Waals surface area contributed by atoms with Crippen molar-refractivity contribution < 1.29 is 0 Å². The van der Waals surface area contributed by atoms with Crippen molar-refractivity contribution in [2.75, 3.05) is 18.0 Å². The fourth-order valence-corrected chi connectivity index (χ4v) is 3.44. The van der Waals surface area contributed by atoms with Crippen LogP contribution in [0.5, 0.6) is 0 Å². The summed E-state index contributed by atoms with van der Waals surface area (Å²) in [4.78, 5) is 17.4. The Morgan fingerprint density at radius 2 is 1.84 bits per heavy atom. The zero-order valence-electron chi connectivity index (χ0n) is 10.7. The standard InChI is InChI=1S/C16H16N2O/c19-14-10-13(11-4-2-1-3-5-11)16-15(17-14)12-6-8-18(16)9-7-12/h1-5,10,12H,6-9H2,(H,17,19). The van der Waals surface area contributed by atoms with Gasteiger partial charge < -0.3 is 9.88 Å². The molecular weight excluding hydrogens is 236 g/mol. The molecule has 1 N–H and O–H groups in total. The fourth-order valence-electron chi connectivity index (χ4n) is 3.44. The molecular formula is C16H16N2O. The van der Waals surface area contributed by atoms with E-state index in [9.17, 15) is 4.79 Å². The van der Waals surface area contributed by atoms with Crippen LogP contribution in [-0.4, -0.2) is 18.1 Å². The Kier molecular flexibility index (Phi) is 2.28. The minimum Gasteiger partial charge on any atom is -0.370 e. The number of benzene rings is 1. The highest BCUT2D eigenvalue weighted by atomic mass is 16.1. The van der Waals surface area contributed by atoms with Crippen molar-refractivity contribution in [3.05, 3.63) is 52.4 Å². The Morgan fingerprint density at radius 1 is 1.11 bits per heavy atom. The summed E-state index contributed by atoms with van der Waals surface area (Å²) in [5.74, 6) is 0.538. The van der Waals surface area contributed by atoms with Crippen molar-refractivity contribution in [2.45, 2.75) is 18.8 Å². The Bertz CT molecular complexity index is 667. The molecule has 3 heteroatoms. The first-order valence-corrected chi connectivity index (χ1v) is 6.90. The molecule has 1 aromatic heterocycles. The topological polar surface area (TPSA) is 36.1 Å². The number of hydrogen-bond acceptors (Lipinski definition) is 2. The molecule has 0 radical (unpaired) electrons. The van der Waals surface area contributed by atoms with Crippen molar-refractivity contribution in [1.82, 2.24) is 4.98 Å². The largest absolute Gasteiger partial charge is 0.370 e. The molecule has 0 spiro atoms. The predicted molar refractivity (Wildman–Crippen MR) is 76.7 cm³/mol. The summed E-state index contributed by atoms with van der Waals surface area (Å²) in [6, 6.07) is 12.0. The molecule has 4 heterocycles. The van der Waals surface area contributed by atoms with Crippen LogP contribution in [0.25, 0.3) is 11.1 Å². The van der Waals surface area contributed by atoms with Gasteiger partial charge in [-0.15, -0.1) is 0 Å². The van der Waals surface area contributed by atoms with Gasteiger partial charge >= 0.3 is 0 Å². The van der Waals surface area contributed by atoms with Crippen molar-refractivity contribution in [1.29, 1.82) is 0 Å². The molecule has 1 saturated heterocycles. The van der Waals surface area contributed by atoms with Crippen molar-refractivity contribution >= 4 is 5.69 Å². The van der Waals surface area contributed by atoms with Gasteiger partial charge in [-0.05, 0) is 18.4 Å². The summed E-state index contributed by atoms with van der Waals surface area (Å²) in [5.41, 5.74) is 4.66. The van der Waals surface area contributed by atoms with E-state index in [2.05, 4.69) is 22.0 Å². The second-order valence-corrected chi connectivity index (χ2v) is 5.44. The first-order valence-electron chi connectivity index (χ1n) is 6.90. The maximum atomic E-state index is 11.9. The van der Waals surface area contributed by atoms with Crippen molar-refractivity contribution in [3.8, 4) is 11.1 Å².